The molecule has 0 atom stereocenters. The van der Waals surface area contributed by atoms with E-state index in [2.05, 4.69) is 21.4 Å². The number of hydrogen-bond donors (Lipinski definition) is 1. The summed E-state index contributed by atoms with van der Waals surface area (Å²) in [7, 11) is 0. The van der Waals surface area contributed by atoms with Crippen LogP contribution in [-0.2, 0) is 12.8 Å². The minimum Gasteiger partial charge on any atom is -0.476 e. The van der Waals surface area contributed by atoms with Crippen molar-refractivity contribution in [3.8, 4) is 5.88 Å². The molecular formula is C24H27N3O2. The molecule has 2 aromatic carbocycles. The van der Waals surface area contributed by atoms with Gasteiger partial charge in [0.05, 0.1) is 17.6 Å². The number of fused-ring (bicyclic) bond motifs is 2. The molecule has 4 rings (SSSR count). The first-order valence-electron chi connectivity index (χ1n) is 10.4. The molecular weight excluding hydrogens is 362 g/mol. The van der Waals surface area contributed by atoms with E-state index in [9.17, 15) is 4.79 Å². The monoisotopic (exact) mass is 389 g/mol. The van der Waals surface area contributed by atoms with Crippen LogP contribution < -0.4 is 10.1 Å². The van der Waals surface area contributed by atoms with Crippen molar-refractivity contribution in [3.05, 3.63) is 58.3 Å². The molecule has 0 unspecified atom stereocenters. The number of nitrogens with one attached hydrogen (secondary N) is 1. The molecule has 1 amide bonds. The van der Waals surface area contributed by atoms with Crippen molar-refractivity contribution in [2.45, 2.75) is 52.9 Å². The first-order chi connectivity index (χ1) is 14.1. The van der Waals surface area contributed by atoms with Crippen LogP contribution in [0.5, 0.6) is 5.88 Å². The summed E-state index contributed by atoms with van der Waals surface area (Å²) in [5.74, 6) is 0.0209. The Bertz CT molecular complexity index is 1080. The van der Waals surface area contributed by atoms with E-state index in [4.69, 9.17) is 4.74 Å². The molecule has 0 saturated heterocycles. The van der Waals surface area contributed by atoms with Crippen molar-refractivity contribution in [1.82, 2.24) is 9.97 Å². The number of amides is 1. The number of aromatic nitrogens is 2. The molecule has 1 heterocycles. The first-order valence-corrected chi connectivity index (χ1v) is 10.4. The Morgan fingerprint density at radius 3 is 2.55 bits per heavy atom. The van der Waals surface area contributed by atoms with Crippen molar-refractivity contribution < 1.29 is 9.53 Å². The van der Waals surface area contributed by atoms with E-state index in [1.165, 1.54) is 17.5 Å². The highest BCUT2D eigenvalue weighted by Crippen LogP contribution is 2.29. The molecule has 150 valence electrons. The van der Waals surface area contributed by atoms with Crippen LogP contribution in [0, 0.1) is 13.8 Å². The van der Waals surface area contributed by atoms with Crippen molar-refractivity contribution in [2.75, 3.05) is 11.9 Å². The summed E-state index contributed by atoms with van der Waals surface area (Å²) in [5.41, 5.74) is 7.39. The number of ether oxygens (including phenoxy) is 1. The van der Waals surface area contributed by atoms with Crippen molar-refractivity contribution in [1.29, 1.82) is 0 Å². The summed E-state index contributed by atoms with van der Waals surface area (Å²) in [6.45, 7) is 6.60. The number of aryl methyl sites for hydroxylation is 3. The van der Waals surface area contributed by atoms with Crippen LogP contribution in [-0.4, -0.2) is 22.5 Å². The van der Waals surface area contributed by atoms with Crippen LogP contribution in [0.1, 0.15) is 58.9 Å². The molecule has 0 fully saturated rings. The average Bonchev–Trinajstić information content (AvgIpc) is 2.73. The van der Waals surface area contributed by atoms with Gasteiger partial charge in [0, 0.05) is 5.69 Å². The van der Waals surface area contributed by atoms with Gasteiger partial charge in [-0.05, 0) is 86.4 Å². The van der Waals surface area contributed by atoms with Gasteiger partial charge in [-0.15, -0.1) is 0 Å². The zero-order valence-electron chi connectivity index (χ0n) is 17.3. The Morgan fingerprint density at radius 2 is 1.79 bits per heavy atom. The van der Waals surface area contributed by atoms with Gasteiger partial charge in [-0.25, -0.2) is 9.97 Å². The highest BCUT2D eigenvalue weighted by atomic mass is 16.5. The summed E-state index contributed by atoms with van der Waals surface area (Å²) in [5, 5.41) is 3.07. The lowest BCUT2D eigenvalue weighted by Gasteiger charge is -2.20. The molecule has 5 heteroatoms. The maximum absolute atomic E-state index is 13.2. The van der Waals surface area contributed by atoms with Crippen LogP contribution in [0.3, 0.4) is 0 Å². The Morgan fingerprint density at radius 1 is 1.07 bits per heavy atom. The molecule has 0 saturated carbocycles. The molecule has 1 N–H and O–H groups in total. The van der Waals surface area contributed by atoms with E-state index in [1.807, 2.05) is 45.0 Å². The normalized spacial score (nSPS) is 13.2. The molecule has 1 aromatic heterocycles. The summed E-state index contributed by atoms with van der Waals surface area (Å²) < 4.78 is 5.80. The molecule has 0 spiro atoms. The zero-order chi connectivity index (χ0) is 20.4. The van der Waals surface area contributed by atoms with Gasteiger partial charge in [-0.3, -0.25) is 4.79 Å². The third-order valence-corrected chi connectivity index (χ3v) is 5.55. The highest BCUT2D eigenvalue weighted by Gasteiger charge is 2.21. The number of anilines is 1. The van der Waals surface area contributed by atoms with E-state index in [0.29, 0.717) is 18.0 Å². The van der Waals surface area contributed by atoms with Gasteiger partial charge in [0.1, 0.15) is 0 Å². The van der Waals surface area contributed by atoms with Crippen LogP contribution in [0.4, 0.5) is 5.69 Å². The third kappa shape index (κ3) is 3.95. The molecule has 0 aliphatic heterocycles. The predicted molar refractivity (Wildman–Crippen MR) is 116 cm³/mol. The first kappa shape index (κ1) is 19.4. The minimum absolute atomic E-state index is 0.239. The number of hydrogen-bond acceptors (Lipinski definition) is 4. The predicted octanol–water partition coefficient (Wildman–Crippen LogP) is 5.17. The average molecular weight is 389 g/mol. The topological polar surface area (TPSA) is 64.1 Å². The van der Waals surface area contributed by atoms with Crippen LogP contribution in [0.25, 0.3) is 11.0 Å². The van der Waals surface area contributed by atoms with Crippen molar-refractivity contribution in [3.63, 3.8) is 0 Å². The number of benzene rings is 2. The van der Waals surface area contributed by atoms with Crippen LogP contribution in [0.2, 0.25) is 0 Å². The summed E-state index contributed by atoms with van der Waals surface area (Å²) in [4.78, 5) is 22.4. The SMILES string of the molecule is CCCOc1nc2cc(C)c(C)cc2nc1C(=O)Nc1cccc2c1CCCC2. The van der Waals surface area contributed by atoms with Gasteiger partial charge in [-0.2, -0.15) is 0 Å². The lowest BCUT2D eigenvalue weighted by atomic mass is 9.90. The van der Waals surface area contributed by atoms with Gasteiger partial charge in [0.25, 0.3) is 5.91 Å². The molecule has 5 nitrogen and oxygen atoms in total. The summed E-state index contributed by atoms with van der Waals surface area (Å²) in [6.07, 6.45) is 5.25. The second-order valence-corrected chi connectivity index (χ2v) is 7.76. The molecule has 1 aliphatic rings. The van der Waals surface area contributed by atoms with E-state index in [0.717, 1.165) is 48.0 Å². The van der Waals surface area contributed by atoms with Crippen molar-refractivity contribution in [2.24, 2.45) is 0 Å². The number of nitrogens with zero attached hydrogens (tertiary/aromatic N) is 2. The molecule has 29 heavy (non-hydrogen) atoms. The van der Waals surface area contributed by atoms with E-state index < -0.39 is 0 Å². The molecule has 1 aliphatic carbocycles. The smallest absolute Gasteiger partial charge is 0.279 e. The van der Waals surface area contributed by atoms with Gasteiger partial charge >= 0.3 is 0 Å². The third-order valence-electron chi connectivity index (χ3n) is 5.55. The Labute approximate surface area is 171 Å². The van der Waals surface area contributed by atoms with Gasteiger partial charge < -0.3 is 10.1 Å². The van der Waals surface area contributed by atoms with Gasteiger partial charge in [0.2, 0.25) is 5.88 Å². The lowest BCUT2D eigenvalue weighted by molar-refractivity contribution is 0.101. The maximum Gasteiger partial charge on any atom is 0.279 e. The number of rotatable bonds is 5. The van der Waals surface area contributed by atoms with E-state index in [1.54, 1.807) is 0 Å². The number of carbonyl (C=O) groups excluding carboxylic acids is 1. The lowest BCUT2D eigenvalue weighted by Crippen LogP contribution is -2.19. The van der Waals surface area contributed by atoms with E-state index in [-0.39, 0.29) is 11.6 Å². The van der Waals surface area contributed by atoms with Gasteiger partial charge in [0.15, 0.2) is 5.69 Å². The number of carbonyl (C=O) groups is 1. The largest absolute Gasteiger partial charge is 0.476 e. The fourth-order valence-corrected chi connectivity index (χ4v) is 3.82. The van der Waals surface area contributed by atoms with E-state index >= 15 is 0 Å². The molecule has 0 bridgehead atoms. The Kier molecular flexibility index (Phi) is 5.47. The fraction of sp³-hybridized carbons (Fsp3) is 0.375. The summed E-state index contributed by atoms with van der Waals surface area (Å²) in [6, 6.07) is 10.1. The van der Waals surface area contributed by atoms with Crippen molar-refractivity contribution >= 4 is 22.6 Å². The zero-order valence-corrected chi connectivity index (χ0v) is 17.3. The Balaban J connectivity index is 1.73. The van der Waals surface area contributed by atoms with Gasteiger partial charge in [-0.1, -0.05) is 19.1 Å². The standard InChI is InChI=1S/C24H27N3O2/c1-4-12-29-24-22(25-20-13-15(2)16(3)14-21(20)27-24)23(28)26-19-11-7-9-17-8-5-6-10-18(17)19/h7,9,11,13-14H,4-6,8,10,12H2,1-3H3,(H,26,28). The quantitative estimate of drug-likeness (QED) is 0.654. The highest BCUT2D eigenvalue weighted by molar-refractivity contribution is 6.05. The molecule has 3 aromatic rings. The fourth-order valence-electron chi connectivity index (χ4n) is 3.82. The Hall–Kier alpha value is -2.95. The summed E-state index contributed by atoms with van der Waals surface area (Å²) >= 11 is 0. The maximum atomic E-state index is 13.2. The van der Waals surface area contributed by atoms with Crippen LogP contribution >= 0.6 is 0 Å². The second-order valence-electron chi connectivity index (χ2n) is 7.76. The minimum atomic E-state index is -0.275. The van der Waals surface area contributed by atoms with Crippen LogP contribution in [0.15, 0.2) is 30.3 Å². The second kappa shape index (κ2) is 8.19. The molecule has 0 radical (unpaired) electrons.